The third kappa shape index (κ3) is 3.68. The number of alkyl halides is 4. The Kier molecular flexibility index (Phi) is 4.78. The summed E-state index contributed by atoms with van der Waals surface area (Å²) < 4.78 is 45.4. The van der Waals surface area contributed by atoms with Gasteiger partial charge in [-0.1, -0.05) is 0 Å². The molecule has 0 saturated carbocycles. The van der Waals surface area contributed by atoms with Crippen LogP contribution in [0.1, 0.15) is 25.2 Å². The van der Waals surface area contributed by atoms with Gasteiger partial charge in [0.15, 0.2) is 0 Å². The summed E-state index contributed by atoms with van der Waals surface area (Å²) in [4.78, 5) is 4.18. The van der Waals surface area contributed by atoms with Crippen molar-refractivity contribution in [1.29, 1.82) is 0 Å². The fourth-order valence-corrected chi connectivity index (χ4v) is 2.29. The number of rotatable bonds is 5. The molecule has 0 radical (unpaired) electrons. The van der Waals surface area contributed by atoms with Crippen LogP contribution in [0.25, 0.3) is 11.0 Å². The minimum Gasteiger partial charge on any atom is -0.377 e. The van der Waals surface area contributed by atoms with Crippen molar-refractivity contribution in [2.45, 2.75) is 38.6 Å². The number of halogens is 4. The Labute approximate surface area is 125 Å². The lowest BCUT2D eigenvalue weighted by Crippen LogP contribution is -2.12. The number of fused-ring (bicyclic) bond motifs is 1. The SMILES string of the molecule is CC(C)OCCn1c(CCl)nc2cc(C(F)(F)F)ccc21. The predicted molar refractivity (Wildman–Crippen MR) is 75.4 cm³/mol. The van der Waals surface area contributed by atoms with Crippen LogP contribution in [0.3, 0.4) is 0 Å². The number of nitrogens with zero attached hydrogens (tertiary/aromatic N) is 2. The molecule has 0 spiro atoms. The summed E-state index contributed by atoms with van der Waals surface area (Å²) >= 11 is 5.83. The Bertz CT molecular complexity index is 622. The molecule has 0 atom stereocenters. The third-order valence-corrected chi connectivity index (χ3v) is 3.28. The van der Waals surface area contributed by atoms with Gasteiger partial charge < -0.3 is 9.30 Å². The van der Waals surface area contributed by atoms with Crippen LogP contribution in [0.2, 0.25) is 0 Å². The Morgan fingerprint density at radius 2 is 2.05 bits per heavy atom. The van der Waals surface area contributed by atoms with Gasteiger partial charge in [-0.25, -0.2) is 4.98 Å². The summed E-state index contributed by atoms with van der Waals surface area (Å²) in [5.41, 5.74) is 0.218. The van der Waals surface area contributed by atoms with E-state index in [9.17, 15) is 13.2 Å². The lowest BCUT2D eigenvalue weighted by Gasteiger charge is -2.11. The molecule has 0 N–H and O–H groups in total. The molecule has 0 aliphatic heterocycles. The van der Waals surface area contributed by atoms with Crippen molar-refractivity contribution in [3.8, 4) is 0 Å². The highest BCUT2D eigenvalue weighted by atomic mass is 35.5. The van der Waals surface area contributed by atoms with Crippen LogP contribution >= 0.6 is 11.6 Å². The van der Waals surface area contributed by atoms with Gasteiger partial charge in [-0.3, -0.25) is 0 Å². The van der Waals surface area contributed by atoms with Crippen LogP contribution in [-0.2, 0) is 23.3 Å². The molecule has 0 saturated heterocycles. The molecular weight excluding hydrogens is 305 g/mol. The van der Waals surface area contributed by atoms with Gasteiger partial charge in [-0.2, -0.15) is 13.2 Å². The number of aromatic nitrogens is 2. The average Bonchev–Trinajstić information content (AvgIpc) is 2.74. The highest BCUT2D eigenvalue weighted by Crippen LogP contribution is 2.31. The molecule has 0 amide bonds. The zero-order valence-corrected chi connectivity index (χ0v) is 12.5. The zero-order chi connectivity index (χ0) is 15.6. The second kappa shape index (κ2) is 6.23. The van der Waals surface area contributed by atoms with E-state index in [0.29, 0.717) is 30.0 Å². The first-order chi connectivity index (χ1) is 9.82. The van der Waals surface area contributed by atoms with Crippen molar-refractivity contribution in [3.63, 3.8) is 0 Å². The summed E-state index contributed by atoms with van der Waals surface area (Å²) in [6.07, 6.45) is -4.28. The van der Waals surface area contributed by atoms with Gasteiger partial charge >= 0.3 is 6.18 Å². The summed E-state index contributed by atoms with van der Waals surface area (Å²) in [5, 5.41) is 0. The fourth-order valence-electron chi connectivity index (χ4n) is 2.09. The van der Waals surface area contributed by atoms with E-state index < -0.39 is 11.7 Å². The Balaban J connectivity index is 2.35. The number of benzene rings is 1. The molecule has 7 heteroatoms. The molecule has 21 heavy (non-hydrogen) atoms. The quantitative estimate of drug-likeness (QED) is 0.771. The van der Waals surface area contributed by atoms with Crippen LogP contribution < -0.4 is 0 Å². The summed E-state index contributed by atoms with van der Waals surface area (Å²) in [7, 11) is 0. The number of hydrogen-bond acceptors (Lipinski definition) is 2. The van der Waals surface area contributed by atoms with Gasteiger partial charge in [-0.15, -0.1) is 11.6 Å². The molecule has 0 unspecified atom stereocenters. The van der Waals surface area contributed by atoms with E-state index in [0.717, 1.165) is 12.1 Å². The molecule has 0 fully saturated rings. The van der Waals surface area contributed by atoms with Crippen LogP contribution in [0.4, 0.5) is 13.2 Å². The molecule has 2 rings (SSSR count). The van der Waals surface area contributed by atoms with Gasteiger partial charge in [0.1, 0.15) is 5.82 Å². The van der Waals surface area contributed by atoms with E-state index in [1.165, 1.54) is 6.07 Å². The molecular formula is C14H16ClF3N2O. The van der Waals surface area contributed by atoms with E-state index in [1.54, 1.807) is 4.57 Å². The summed E-state index contributed by atoms with van der Waals surface area (Å²) in [6.45, 7) is 4.80. The van der Waals surface area contributed by atoms with Gasteiger partial charge in [-0.05, 0) is 32.0 Å². The number of imidazole rings is 1. The molecule has 2 aromatic rings. The smallest absolute Gasteiger partial charge is 0.377 e. The van der Waals surface area contributed by atoms with E-state index in [1.807, 2.05) is 13.8 Å². The maximum Gasteiger partial charge on any atom is 0.416 e. The normalized spacial score (nSPS) is 12.5. The Hall–Kier alpha value is -1.27. The molecule has 1 aromatic heterocycles. The van der Waals surface area contributed by atoms with Crippen LogP contribution in [0.15, 0.2) is 18.2 Å². The van der Waals surface area contributed by atoms with E-state index in [-0.39, 0.29) is 12.0 Å². The minimum atomic E-state index is -4.38. The Morgan fingerprint density at radius 3 is 2.62 bits per heavy atom. The zero-order valence-electron chi connectivity index (χ0n) is 11.7. The van der Waals surface area contributed by atoms with E-state index >= 15 is 0 Å². The van der Waals surface area contributed by atoms with Crippen LogP contribution in [0.5, 0.6) is 0 Å². The molecule has 0 aliphatic carbocycles. The van der Waals surface area contributed by atoms with Crippen molar-refractivity contribution in [2.75, 3.05) is 6.61 Å². The standard InChI is InChI=1S/C14H16ClF3N2O/c1-9(2)21-6-5-20-12-4-3-10(14(16,17)18)7-11(12)19-13(20)8-15/h3-4,7,9H,5-6,8H2,1-2H3. The first kappa shape index (κ1) is 16.1. The molecule has 0 bridgehead atoms. The lowest BCUT2D eigenvalue weighted by atomic mass is 10.2. The highest BCUT2D eigenvalue weighted by Gasteiger charge is 2.31. The maximum absolute atomic E-state index is 12.7. The molecule has 0 aliphatic rings. The van der Waals surface area contributed by atoms with Crippen molar-refractivity contribution < 1.29 is 17.9 Å². The van der Waals surface area contributed by atoms with Crippen LogP contribution in [-0.4, -0.2) is 22.3 Å². The topological polar surface area (TPSA) is 27.1 Å². The largest absolute Gasteiger partial charge is 0.416 e. The van der Waals surface area contributed by atoms with Crippen LogP contribution in [0, 0.1) is 0 Å². The van der Waals surface area contributed by atoms with Gasteiger partial charge in [0.2, 0.25) is 0 Å². The second-order valence-corrected chi connectivity index (χ2v) is 5.20. The van der Waals surface area contributed by atoms with E-state index in [4.69, 9.17) is 16.3 Å². The minimum absolute atomic E-state index is 0.0936. The molecule has 1 heterocycles. The highest BCUT2D eigenvalue weighted by molar-refractivity contribution is 6.16. The second-order valence-electron chi connectivity index (χ2n) is 4.93. The predicted octanol–water partition coefficient (Wildman–Crippen LogP) is 4.22. The monoisotopic (exact) mass is 320 g/mol. The van der Waals surface area contributed by atoms with Crippen molar-refractivity contribution in [2.24, 2.45) is 0 Å². The first-order valence-corrected chi connectivity index (χ1v) is 7.10. The summed E-state index contributed by atoms with van der Waals surface area (Å²) in [5.74, 6) is 0.677. The number of ether oxygens (including phenoxy) is 1. The Morgan fingerprint density at radius 1 is 1.33 bits per heavy atom. The van der Waals surface area contributed by atoms with Gasteiger partial charge in [0.25, 0.3) is 0 Å². The average molecular weight is 321 g/mol. The van der Waals surface area contributed by atoms with E-state index in [2.05, 4.69) is 4.98 Å². The van der Waals surface area contributed by atoms with Crippen molar-refractivity contribution >= 4 is 22.6 Å². The molecule has 116 valence electrons. The maximum atomic E-state index is 12.7. The fraction of sp³-hybridized carbons (Fsp3) is 0.500. The first-order valence-electron chi connectivity index (χ1n) is 6.57. The van der Waals surface area contributed by atoms with Gasteiger partial charge in [0, 0.05) is 6.54 Å². The van der Waals surface area contributed by atoms with Gasteiger partial charge in [0.05, 0.1) is 35.2 Å². The van der Waals surface area contributed by atoms with Crippen molar-refractivity contribution in [1.82, 2.24) is 9.55 Å². The summed E-state index contributed by atoms with van der Waals surface area (Å²) in [6, 6.07) is 3.53. The number of hydrogen-bond donors (Lipinski definition) is 0. The third-order valence-electron chi connectivity index (χ3n) is 3.04. The van der Waals surface area contributed by atoms with Crippen molar-refractivity contribution in [3.05, 3.63) is 29.6 Å². The molecule has 3 nitrogen and oxygen atoms in total. The molecule has 1 aromatic carbocycles. The lowest BCUT2D eigenvalue weighted by molar-refractivity contribution is -0.137.